The average molecular weight is 207 g/mol. The second kappa shape index (κ2) is 3.58. The van der Waals surface area contributed by atoms with Crippen molar-refractivity contribution in [1.82, 2.24) is 4.90 Å². The second-order valence-electron chi connectivity index (χ2n) is 5.56. The van der Waals surface area contributed by atoms with Gasteiger partial charge in [-0.15, -0.1) is 0 Å². The molecule has 0 aromatic carbocycles. The summed E-state index contributed by atoms with van der Waals surface area (Å²) in [7, 11) is 0. The Hall–Kier alpha value is -0.370. The highest BCUT2D eigenvalue weighted by atomic mass is 16.1. The molecule has 3 rings (SSSR count). The van der Waals surface area contributed by atoms with Crippen molar-refractivity contribution in [2.75, 3.05) is 13.1 Å². The summed E-state index contributed by atoms with van der Waals surface area (Å²) in [6.07, 6.45) is 5.86. The van der Waals surface area contributed by atoms with E-state index in [1.807, 2.05) is 0 Å². The number of hydrogen-bond acceptors (Lipinski definition) is 2. The predicted molar refractivity (Wildman–Crippen MR) is 59.6 cm³/mol. The Morgan fingerprint density at radius 1 is 1.27 bits per heavy atom. The van der Waals surface area contributed by atoms with Crippen LogP contribution in [0.15, 0.2) is 0 Å². The third kappa shape index (κ3) is 1.37. The molecule has 3 fully saturated rings. The van der Waals surface area contributed by atoms with E-state index in [1.165, 1.54) is 38.8 Å². The van der Waals surface area contributed by atoms with Gasteiger partial charge >= 0.3 is 0 Å². The minimum absolute atomic E-state index is 0.407. The van der Waals surface area contributed by atoms with E-state index in [9.17, 15) is 4.79 Å². The van der Waals surface area contributed by atoms with E-state index < -0.39 is 0 Å². The van der Waals surface area contributed by atoms with Crippen LogP contribution in [0.1, 0.15) is 39.0 Å². The molecular formula is C13H21NO. The molecule has 0 bridgehead atoms. The van der Waals surface area contributed by atoms with Crippen molar-refractivity contribution in [3.05, 3.63) is 0 Å². The monoisotopic (exact) mass is 207 g/mol. The number of Topliss-reactive ketones (excluding diaryl/α,β-unsaturated/α-hetero) is 1. The molecule has 2 saturated heterocycles. The lowest BCUT2D eigenvalue weighted by atomic mass is 9.67. The van der Waals surface area contributed by atoms with Crippen LogP contribution in [-0.2, 0) is 4.79 Å². The van der Waals surface area contributed by atoms with E-state index in [1.54, 1.807) is 0 Å². The van der Waals surface area contributed by atoms with Gasteiger partial charge in [-0.25, -0.2) is 0 Å². The van der Waals surface area contributed by atoms with E-state index >= 15 is 0 Å². The topological polar surface area (TPSA) is 20.3 Å². The molecule has 1 saturated carbocycles. The molecule has 0 N–H and O–H groups in total. The highest BCUT2D eigenvalue weighted by molar-refractivity contribution is 5.83. The zero-order chi connectivity index (χ0) is 10.4. The minimum Gasteiger partial charge on any atom is -0.299 e. The molecular weight excluding hydrogens is 186 g/mol. The molecule has 2 heterocycles. The van der Waals surface area contributed by atoms with Crippen molar-refractivity contribution < 1.29 is 4.79 Å². The maximum absolute atomic E-state index is 12.1. The Bertz CT molecular complexity index is 270. The van der Waals surface area contributed by atoms with Crippen LogP contribution < -0.4 is 0 Å². The number of nitrogens with zero attached hydrogens (tertiary/aromatic N) is 1. The number of carbonyl (C=O) groups excluding carboxylic acids is 1. The normalized spacial score (nSPS) is 45.5. The van der Waals surface area contributed by atoms with Gasteiger partial charge in [-0.05, 0) is 44.2 Å². The van der Waals surface area contributed by atoms with Crippen LogP contribution in [0, 0.1) is 17.8 Å². The number of rotatable bonds is 1. The lowest BCUT2D eigenvalue weighted by molar-refractivity contribution is -0.133. The summed E-state index contributed by atoms with van der Waals surface area (Å²) in [5, 5.41) is 0. The number of ketones is 1. The quantitative estimate of drug-likeness (QED) is 0.656. The van der Waals surface area contributed by atoms with Gasteiger partial charge in [0, 0.05) is 18.4 Å². The summed E-state index contributed by atoms with van der Waals surface area (Å²) >= 11 is 0. The van der Waals surface area contributed by atoms with Gasteiger partial charge in [0.2, 0.25) is 0 Å². The van der Waals surface area contributed by atoms with Crippen molar-refractivity contribution in [3.8, 4) is 0 Å². The zero-order valence-electron chi connectivity index (χ0n) is 9.61. The van der Waals surface area contributed by atoms with Crippen LogP contribution >= 0.6 is 0 Å². The number of piperidine rings is 1. The van der Waals surface area contributed by atoms with E-state index in [0.717, 1.165) is 12.3 Å². The molecule has 2 nitrogen and oxygen atoms in total. The fraction of sp³-hybridized carbons (Fsp3) is 0.923. The maximum atomic E-state index is 12.1. The summed E-state index contributed by atoms with van der Waals surface area (Å²) < 4.78 is 0. The van der Waals surface area contributed by atoms with Gasteiger partial charge in [0.25, 0.3) is 0 Å². The first-order chi connectivity index (χ1) is 7.31. The minimum atomic E-state index is 0.407. The van der Waals surface area contributed by atoms with Crippen LogP contribution in [0.4, 0.5) is 0 Å². The van der Waals surface area contributed by atoms with Gasteiger partial charge in [-0.2, -0.15) is 0 Å². The third-order valence-corrected chi connectivity index (χ3v) is 5.01. The number of carbonyl (C=O) groups is 1. The first-order valence-electron chi connectivity index (χ1n) is 6.58. The van der Waals surface area contributed by atoms with Crippen LogP contribution in [0.3, 0.4) is 0 Å². The first kappa shape index (κ1) is 9.83. The smallest absolute Gasteiger partial charge is 0.137 e. The van der Waals surface area contributed by atoms with Crippen molar-refractivity contribution in [2.45, 2.75) is 45.1 Å². The van der Waals surface area contributed by atoms with Crippen molar-refractivity contribution in [2.24, 2.45) is 17.8 Å². The predicted octanol–water partition coefficient (Wildman–Crippen LogP) is 2.09. The average Bonchev–Trinajstić information content (AvgIpc) is 2.68. The Labute approximate surface area is 92.0 Å². The molecule has 2 aliphatic heterocycles. The van der Waals surface area contributed by atoms with Crippen LogP contribution in [0.25, 0.3) is 0 Å². The van der Waals surface area contributed by atoms with E-state index in [4.69, 9.17) is 0 Å². The Balaban J connectivity index is 1.90. The van der Waals surface area contributed by atoms with E-state index in [0.29, 0.717) is 23.7 Å². The lowest BCUT2D eigenvalue weighted by Crippen LogP contribution is -2.53. The van der Waals surface area contributed by atoms with Crippen LogP contribution in [0.2, 0.25) is 0 Å². The van der Waals surface area contributed by atoms with Gasteiger partial charge in [0.15, 0.2) is 0 Å². The fourth-order valence-electron chi connectivity index (χ4n) is 4.24. The van der Waals surface area contributed by atoms with Gasteiger partial charge in [0.05, 0.1) is 0 Å². The zero-order valence-corrected chi connectivity index (χ0v) is 9.61. The Morgan fingerprint density at radius 2 is 2.07 bits per heavy atom. The molecule has 4 atom stereocenters. The summed E-state index contributed by atoms with van der Waals surface area (Å²) in [6.45, 7) is 4.77. The van der Waals surface area contributed by atoms with Gasteiger partial charge in [-0.1, -0.05) is 13.3 Å². The summed E-state index contributed by atoms with van der Waals surface area (Å²) in [6, 6.07) is 0.643. The fourth-order valence-corrected chi connectivity index (χ4v) is 4.24. The van der Waals surface area contributed by atoms with Crippen LogP contribution in [-0.4, -0.2) is 29.8 Å². The molecule has 3 aliphatic rings. The molecule has 1 aliphatic carbocycles. The number of hydrogen-bond donors (Lipinski definition) is 0. The van der Waals surface area contributed by atoms with Gasteiger partial charge < -0.3 is 0 Å². The first-order valence-corrected chi connectivity index (χ1v) is 6.58. The Kier molecular flexibility index (Phi) is 2.35. The maximum Gasteiger partial charge on any atom is 0.137 e. The molecule has 84 valence electrons. The van der Waals surface area contributed by atoms with Crippen LogP contribution in [0.5, 0.6) is 0 Å². The third-order valence-electron chi connectivity index (χ3n) is 5.01. The SMILES string of the molecule is CCC1CCN2CCC3CCC(=O)C1C32. The molecule has 2 heteroatoms. The molecule has 0 spiro atoms. The molecule has 0 aromatic heterocycles. The van der Waals surface area contributed by atoms with Crippen molar-refractivity contribution >= 4 is 5.78 Å². The summed E-state index contributed by atoms with van der Waals surface area (Å²) in [5.74, 6) is 2.53. The van der Waals surface area contributed by atoms with E-state index in [2.05, 4.69) is 11.8 Å². The van der Waals surface area contributed by atoms with Gasteiger partial charge in [-0.3, -0.25) is 9.69 Å². The largest absolute Gasteiger partial charge is 0.299 e. The second-order valence-corrected chi connectivity index (χ2v) is 5.56. The highest BCUT2D eigenvalue weighted by Crippen LogP contribution is 2.45. The summed E-state index contributed by atoms with van der Waals surface area (Å²) in [5.41, 5.74) is 0. The van der Waals surface area contributed by atoms with Gasteiger partial charge in [0.1, 0.15) is 5.78 Å². The molecule has 4 unspecified atom stereocenters. The van der Waals surface area contributed by atoms with Crippen molar-refractivity contribution in [1.29, 1.82) is 0 Å². The lowest BCUT2D eigenvalue weighted by Gasteiger charge is -2.45. The molecule has 0 amide bonds. The molecule has 15 heavy (non-hydrogen) atoms. The highest BCUT2D eigenvalue weighted by Gasteiger charge is 2.50. The molecule has 0 aromatic rings. The molecule has 0 radical (unpaired) electrons. The Morgan fingerprint density at radius 3 is 2.87 bits per heavy atom. The van der Waals surface area contributed by atoms with Crippen molar-refractivity contribution in [3.63, 3.8) is 0 Å². The van der Waals surface area contributed by atoms with E-state index in [-0.39, 0.29) is 0 Å². The summed E-state index contributed by atoms with van der Waals surface area (Å²) in [4.78, 5) is 14.7. The standard InChI is InChI=1S/C13H21NO/c1-2-9-5-7-14-8-6-10-3-4-11(15)12(9)13(10)14/h9-10,12-13H,2-8H2,1H3.